The monoisotopic (exact) mass is 423 g/mol. The number of carbonyl (C=O) groups excluding carboxylic acids is 2. The Morgan fingerprint density at radius 3 is 2.17 bits per heavy atom. The van der Waals surface area contributed by atoms with Gasteiger partial charge in [0.2, 0.25) is 0 Å². The summed E-state index contributed by atoms with van der Waals surface area (Å²) in [6, 6.07) is 2.97. The fraction of sp³-hybridized carbons (Fsp3) is 0.652. The molecule has 0 atom stereocenters. The molecule has 0 unspecified atom stereocenters. The first-order chi connectivity index (χ1) is 13.9. The van der Waals surface area contributed by atoms with Gasteiger partial charge in [0.05, 0.1) is 12.2 Å². The second-order valence-corrected chi connectivity index (χ2v) is 9.81. The number of esters is 1. The summed E-state index contributed by atoms with van der Waals surface area (Å²) in [7, 11) is 0. The highest BCUT2D eigenvalue weighted by molar-refractivity contribution is 5.90. The van der Waals surface area contributed by atoms with E-state index in [0.29, 0.717) is 30.7 Å². The Balaban J connectivity index is 0.000000396. The third-order valence-electron chi connectivity index (χ3n) is 4.48. The molecule has 1 aliphatic heterocycles. The molecule has 2 aliphatic rings. The number of hydrogen-bond acceptors (Lipinski definition) is 6. The number of hydrogen-bond donors (Lipinski definition) is 1. The molecule has 0 bridgehead atoms. The van der Waals surface area contributed by atoms with Crippen molar-refractivity contribution in [3.8, 4) is 5.75 Å². The maximum Gasteiger partial charge on any atom is 0.341 e. The fourth-order valence-electron chi connectivity index (χ4n) is 2.72. The van der Waals surface area contributed by atoms with Crippen molar-refractivity contribution < 1.29 is 28.2 Å². The first kappa shape index (κ1) is 24.1. The van der Waals surface area contributed by atoms with Crippen LogP contribution in [-0.2, 0) is 14.3 Å². The van der Waals surface area contributed by atoms with E-state index in [1.807, 2.05) is 20.8 Å². The van der Waals surface area contributed by atoms with E-state index in [0.717, 1.165) is 31.5 Å². The Morgan fingerprint density at radius 2 is 1.77 bits per heavy atom. The van der Waals surface area contributed by atoms with E-state index in [9.17, 15) is 14.0 Å². The summed E-state index contributed by atoms with van der Waals surface area (Å²) in [4.78, 5) is 21.8. The minimum Gasteiger partial charge on any atom is -0.493 e. The van der Waals surface area contributed by atoms with Crippen molar-refractivity contribution in [1.29, 1.82) is 0 Å². The van der Waals surface area contributed by atoms with E-state index >= 15 is 0 Å². The van der Waals surface area contributed by atoms with Crippen LogP contribution in [0.25, 0.3) is 0 Å². The van der Waals surface area contributed by atoms with Crippen LogP contribution in [0.5, 0.6) is 5.75 Å². The largest absolute Gasteiger partial charge is 0.493 e. The van der Waals surface area contributed by atoms with E-state index in [2.05, 4.69) is 10.1 Å². The van der Waals surface area contributed by atoms with Crippen molar-refractivity contribution in [3.63, 3.8) is 0 Å². The average Bonchev–Trinajstić information content (AvgIpc) is 3.36. The molecule has 1 N–H and O–H groups in total. The molecule has 7 heteroatoms. The summed E-state index contributed by atoms with van der Waals surface area (Å²) >= 11 is 0. The second kappa shape index (κ2) is 9.77. The third kappa shape index (κ3) is 7.94. The summed E-state index contributed by atoms with van der Waals surface area (Å²) in [5, 5.41) is 3.19. The quantitative estimate of drug-likeness (QED) is 0.546. The van der Waals surface area contributed by atoms with Gasteiger partial charge in [-0.1, -0.05) is 0 Å². The van der Waals surface area contributed by atoms with Gasteiger partial charge >= 0.3 is 5.97 Å². The first-order valence-corrected chi connectivity index (χ1v) is 10.4. The number of benzene rings is 1. The highest BCUT2D eigenvalue weighted by Gasteiger charge is 2.31. The lowest BCUT2D eigenvalue weighted by molar-refractivity contribution is -0.138. The molecule has 6 nitrogen and oxygen atoms in total. The molecule has 1 saturated carbocycles. The first-order valence-electron chi connectivity index (χ1n) is 10.4. The van der Waals surface area contributed by atoms with Crippen molar-refractivity contribution in [3.05, 3.63) is 29.1 Å². The average molecular weight is 424 g/mol. The summed E-state index contributed by atoms with van der Waals surface area (Å²) in [5.41, 5.74) is -0.0312. The van der Waals surface area contributed by atoms with Gasteiger partial charge < -0.3 is 19.5 Å². The molecule has 168 valence electrons. The van der Waals surface area contributed by atoms with Crippen LogP contribution in [0.2, 0.25) is 0 Å². The topological polar surface area (TPSA) is 73.9 Å². The minimum atomic E-state index is -0.643. The normalized spacial score (nSPS) is 16.6. The predicted molar refractivity (Wildman–Crippen MR) is 112 cm³/mol. The zero-order chi connectivity index (χ0) is 22.5. The van der Waals surface area contributed by atoms with Gasteiger partial charge in [-0.2, -0.15) is 0 Å². The molecular formula is C23H34FNO5. The molecule has 1 saturated heterocycles. The lowest BCUT2D eigenvalue weighted by atomic mass is 10.0. The van der Waals surface area contributed by atoms with Crippen molar-refractivity contribution >= 4 is 12.4 Å². The number of nitrogens with one attached hydrogen (secondary N) is 1. The number of ether oxygens (including phenoxy) is 3. The lowest BCUT2D eigenvalue weighted by Gasteiger charge is -2.27. The maximum absolute atomic E-state index is 14.4. The molecule has 1 aliphatic carbocycles. The van der Waals surface area contributed by atoms with Gasteiger partial charge in [0.15, 0.2) is 0 Å². The van der Waals surface area contributed by atoms with E-state index in [1.165, 1.54) is 6.07 Å². The molecular weight excluding hydrogens is 389 g/mol. The van der Waals surface area contributed by atoms with Gasteiger partial charge in [-0.05, 0) is 71.9 Å². The van der Waals surface area contributed by atoms with Gasteiger partial charge in [0.25, 0.3) is 6.47 Å². The SMILES string of the molecule is CC(C)(C)OC(=O)c1cc(C2CC2)c(OCC2CNC2)cc1F.CC(C)(C)OC=O. The Kier molecular flexibility index (Phi) is 7.86. The van der Waals surface area contributed by atoms with Crippen molar-refractivity contribution in [2.45, 2.75) is 71.5 Å². The Bertz CT molecular complexity index is 743. The molecule has 0 spiro atoms. The van der Waals surface area contributed by atoms with Crippen molar-refractivity contribution in [2.24, 2.45) is 5.92 Å². The van der Waals surface area contributed by atoms with Crippen LogP contribution >= 0.6 is 0 Å². The van der Waals surface area contributed by atoms with Crippen LogP contribution in [-0.4, -0.2) is 43.3 Å². The fourth-order valence-corrected chi connectivity index (χ4v) is 2.72. The third-order valence-corrected chi connectivity index (χ3v) is 4.48. The van der Waals surface area contributed by atoms with Crippen LogP contribution in [0.15, 0.2) is 12.1 Å². The lowest BCUT2D eigenvalue weighted by Crippen LogP contribution is -2.45. The van der Waals surface area contributed by atoms with Crippen LogP contribution in [0.1, 0.15) is 76.2 Å². The molecule has 0 aromatic heterocycles. The molecule has 1 heterocycles. The van der Waals surface area contributed by atoms with Crippen LogP contribution in [0.3, 0.4) is 0 Å². The molecule has 1 aromatic rings. The van der Waals surface area contributed by atoms with Gasteiger partial charge in [0, 0.05) is 25.1 Å². The van der Waals surface area contributed by atoms with Gasteiger partial charge in [-0.25, -0.2) is 9.18 Å². The van der Waals surface area contributed by atoms with Crippen molar-refractivity contribution in [1.82, 2.24) is 5.32 Å². The van der Waals surface area contributed by atoms with E-state index < -0.39 is 17.4 Å². The molecule has 30 heavy (non-hydrogen) atoms. The maximum atomic E-state index is 14.4. The molecule has 2 fully saturated rings. The van der Waals surface area contributed by atoms with Crippen molar-refractivity contribution in [2.75, 3.05) is 19.7 Å². The Labute approximate surface area is 178 Å². The number of halogens is 1. The number of carbonyl (C=O) groups is 2. The van der Waals surface area contributed by atoms with E-state index in [1.54, 1.807) is 26.8 Å². The van der Waals surface area contributed by atoms with E-state index in [4.69, 9.17) is 9.47 Å². The minimum absolute atomic E-state index is 0.000476. The Hall–Kier alpha value is -2.15. The molecule has 0 radical (unpaired) electrons. The second-order valence-electron chi connectivity index (χ2n) is 9.81. The van der Waals surface area contributed by atoms with E-state index in [-0.39, 0.29) is 11.2 Å². The number of rotatable bonds is 6. The van der Waals surface area contributed by atoms with Gasteiger partial charge in [-0.15, -0.1) is 0 Å². The zero-order valence-corrected chi connectivity index (χ0v) is 18.8. The van der Waals surface area contributed by atoms with Crippen LogP contribution < -0.4 is 10.1 Å². The summed E-state index contributed by atoms with van der Waals surface area (Å²) in [6.07, 6.45) is 2.11. The molecule has 1 aromatic carbocycles. The predicted octanol–water partition coefficient (Wildman–Crippen LogP) is 4.21. The molecule has 3 rings (SSSR count). The highest BCUT2D eigenvalue weighted by Crippen LogP contribution is 2.45. The Morgan fingerprint density at radius 1 is 1.13 bits per heavy atom. The van der Waals surface area contributed by atoms with Crippen LogP contribution in [0.4, 0.5) is 4.39 Å². The zero-order valence-electron chi connectivity index (χ0n) is 18.8. The standard InChI is InChI=1S/C18H24FNO3.C5H10O2/c1-18(2,3)23-17(21)14-6-13(12-4-5-12)16(7-15(14)19)22-10-11-8-20-9-11;1-5(2,3)7-4-6/h6-7,11-12,20H,4-5,8-10H2,1-3H3;4H,1-3H3. The summed E-state index contributed by atoms with van der Waals surface area (Å²) in [6.45, 7) is 13.7. The summed E-state index contributed by atoms with van der Waals surface area (Å²) in [5.74, 6) is 0.225. The van der Waals surface area contributed by atoms with Crippen LogP contribution in [0, 0.1) is 11.7 Å². The summed E-state index contributed by atoms with van der Waals surface area (Å²) < 4.78 is 30.0. The van der Waals surface area contributed by atoms with Gasteiger partial charge in [-0.3, -0.25) is 4.79 Å². The van der Waals surface area contributed by atoms with Gasteiger partial charge in [0.1, 0.15) is 22.8 Å². The highest BCUT2D eigenvalue weighted by atomic mass is 19.1. The molecule has 0 amide bonds. The smallest absolute Gasteiger partial charge is 0.341 e.